The van der Waals surface area contributed by atoms with Gasteiger partial charge in [-0.2, -0.15) is 0 Å². The van der Waals surface area contributed by atoms with Gasteiger partial charge in [0.2, 0.25) is 0 Å². The first-order valence-electron chi connectivity index (χ1n) is 22.0. The summed E-state index contributed by atoms with van der Waals surface area (Å²) in [5, 5.41) is 7.05. The minimum Gasteiger partial charge on any atom is -0.255 e. The second-order valence-electron chi connectivity index (χ2n) is 16.2. The largest absolute Gasteiger partial charge is 0.255 e. The van der Waals surface area contributed by atoms with Crippen molar-refractivity contribution in [3.8, 4) is 90.3 Å². The highest BCUT2D eigenvalue weighted by molar-refractivity contribution is 6.24. The summed E-state index contributed by atoms with van der Waals surface area (Å²) in [5.41, 5.74) is 12.8. The van der Waals surface area contributed by atoms with Crippen molar-refractivity contribution in [1.82, 2.24) is 29.9 Å². The molecular formula is C60H38N6. The van der Waals surface area contributed by atoms with E-state index in [1.54, 1.807) is 0 Å². The molecule has 6 nitrogen and oxygen atoms in total. The molecule has 0 fully saturated rings. The van der Waals surface area contributed by atoms with Gasteiger partial charge in [0.1, 0.15) is 0 Å². The molecule has 0 saturated carbocycles. The van der Waals surface area contributed by atoms with Crippen LogP contribution in [0.3, 0.4) is 0 Å². The van der Waals surface area contributed by atoms with Crippen LogP contribution in [0.1, 0.15) is 0 Å². The number of hydrogen-bond donors (Lipinski definition) is 0. The van der Waals surface area contributed by atoms with E-state index in [0.717, 1.165) is 61.5 Å². The maximum absolute atomic E-state index is 5.06. The van der Waals surface area contributed by atoms with Gasteiger partial charge >= 0.3 is 0 Å². The van der Waals surface area contributed by atoms with Crippen LogP contribution in [0.2, 0.25) is 0 Å². The first kappa shape index (κ1) is 38.7. The summed E-state index contributed by atoms with van der Waals surface area (Å²) < 4.78 is 0. The van der Waals surface area contributed by atoms with Crippen molar-refractivity contribution < 1.29 is 0 Å². The number of rotatable bonds is 8. The fourth-order valence-electron chi connectivity index (χ4n) is 9.20. The molecule has 0 amide bonds. The van der Waals surface area contributed by atoms with Gasteiger partial charge in [-0.05, 0) is 102 Å². The summed E-state index contributed by atoms with van der Waals surface area (Å²) in [6, 6.07) is 75.9. The van der Waals surface area contributed by atoms with E-state index in [0.29, 0.717) is 17.5 Å². The standard InChI is InChI=1S/C60H38N6/c1-3-17-40(18-4-1)58-64-59(41-19-5-2-6-20-41)66-60(65-58)42-31-29-39(30-32-42)56-47-23-9-11-25-49(47)57(50-26-12-10-24-48(50)56)51-34-33-44(45-21-7-8-22-46(45)51)43-37-54(52-27-13-15-35-61-52)63-55(38-43)53-28-14-16-36-62-53/h1-38H. The Hall–Kier alpha value is -9.00. The Bertz CT molecular complexity index is 3560. The van der Waals surface area contributed by atoms with Gasteiger partial charge < -0.3 is 0 Å². The molecule has 0 aliphatic rings. The van der Waals surface area contributed by atoms with Crippen LogP contribution in [0.25, 0.3) is 123 Å². The van der Waals surface area contributed by atoms with E-state index in [1.807, 2.05) is 109 Å². The molecule has 66 heavy (non-hydrogen) atoms. The summed E-state index contributed by atoms with van der Waals surface area (Å²) in [4.78, 5) is 29.3. The highest BCUT2D eigenvalue weighted by Gasteiger charge is 2.21. The molecule has 12 aromatic rings. The van der Waals surface area contributed by atoms with Crippen molar-refractivity contribution in [2.75, 3.05) is 0 Å². The van der Waals surface area contributed by atoms with Crippen molar-refractivity contribution >= 4 is 32.3 Å². The molecule has 12 rings (SSSR count). The van der Waals surface area contributed by atoms with Gasteiger partial charge in [-0.1, -0.05) is 182 Å². The number of aromatic nitrogens is 6. The minimum absolute atomic E-state index is 0.627. The summed E-state index contributed by atoms with van der Waals surface area (Å²) in [6.07, 6.45) is 3.62. The van der Waals surface area contributed by atoms with Crippen LogP contribution in [0, 0.1) is 0 Å². The average Bonchev–Trinajstić information content (AvgIpc) is 3.41. The molecule has 0 radical (unpaired) electrons. The van der Waals surface area contributed by atoms with Gasteiger partial charge in [-0.15, -0.1) is 0 Å². The molecule has 4 aromatic heterocycles. The lowest BCUT2D eigenvalue weighted by atomic mass is 9.83. The molecule has 0 aliphatic heterocycles. The summed E-state index contributed by atoms with van der Waals surface area (Å²) >= 11 is 0. The van der Waals surface area contributed by atoms with E-state index < -0.39 is 0 Å². The van der Waals surface area contributed by atoms with Crippen molar-refractivity contribution in [3.05, 3.63) is 231 Å². The van der Waals surface area contributed by atoms with Crippen LogP contribution < -0.4 is 0 Å². The van der Waals surface area contributed by atoms with Crippen molar-refractivity contribution in [1.29, 1.82) is 0 Å². The molecule has 0 atom stereocenters. The predicted octanol–water partition coefficient (Wildman–Crippen LogP) is 14.9. The van der Waals surface area contributed by atoms with Gasteiger partial charge in [-0.25, -0.2) is 19.9 Å². The van der Waals surface area contributed by atoms with Crippen LogP contribution in [0.5, 0.6) is 0 Å². The molecule has 0 aliphatic carbocycles. The Labute approximate surface area is 381 Å². The van der Waals surface area contributed by atoms with Gasteiger partial charge in [0.05, 0.1) is 22.8 Å². The molecule has 0 saturated heterocycles. The first-order chi connectivity index (χ1) is 32.7. The Morgan fingerprint density at radius 3 is 1.08 bits per heavy atom. The average molecular weight is 843 g/mol. The maximum Gasteiger partial charge on any atom is 0.164 e. The summed E-state index contributed by atoms with van der Waals surface area (Å²) in [5.74, 6) is 1.91. The number of fused-ring (bicyclic) bond motifs is 3. The maximum atomic E-state index is 5.06. The molecule has 0 unspecified atom stereocenters. The zero-order chi connectivity index (χ0) is 43.8. The zero-order valence-electron chi connectivity index (χ0n) is 35.6. The molecule has 0 N–H and O–H groups in total. The molecule has 0 bridgehead atoms. The Morgan fingerprint density at radius 1 is 0.227 bits per heavy atom. The van der Waals surface area contributed by atoms with Crippen LogP contribution in [0.4, 0.5) is 0 Å². The van der Waals surface area contributed by atoms with E-state index in [1.165, 1.54) is 43.6 Å². The number of pyridine rings is 3. The SMILES string of the molecule is c1ccc(-c2nc(-c3ccccc3)nc(-c3ccc(-c4c5ccccc5c(-c5ccc(-c6cc(-c7ccccn7)nc(-c7ccccn7)c6)c6ccccc56)c5ccccc45)cc3)n2)cc1. The zero-order valence-corrected chi connectivity index (χ0v) is 35.6. The molecule has 8 aromatic carbocycles. The summed E-state index contributed by atoms with van der Waals surface area (Å²) in [7, 11) is 0. The van der Waals surface area contributed by atoms with Crippen molar-refractivity contribution in [2.24, 2.45) is 0 Å². The quantitative estimate of drug-likeness (QED) is 0.142. The van der Waals surface area contributed by atoms with Crippen molar-refractivity contribution in [3.63, 3.8) is 0 Å². The van der Waals surface area contributed by atoms with E-state index >= 15 is 0 Å². The van der Waals surface area contributed by atoms with E-state index in [2.05, 4.69) is 131 Å². The number of benzene rings is 8. The lowest BCUT2D eigenvalue weighted by Gasteiger charge is -2.20. The molecule has 4 heterocycles. The fraction of sp³-hybridized carbons (Fsp3) is 0. The number of hydrogen-bond acceptors (Lipinski definition) is 6. The summed E-state index contributed by atoms with van der Waals surface area (Å²) in [6.45, 7) is 0. The fourth-order valence-corrected chi connectivity index (χ4v) is 9.20. The smallest absolute Gasteiger partial charge is 0.164 e. The second-order valence-corrected chi connectivity index (χ2v) is 16.2. The Balaban J connectivity index is 1.00. The minimum atomic E-state index is 0.627. The first-order valence-corrected chi connectivity index (χ1v) is 22.0. The monoisotopic (exact) mass is 842 g/mol. The molecule has 308 valence electrons. The van der Waals surface area contributed by atoms with Gasteiger partial charge in [-0.3, -0.25) is 9.97 Å². The Kier molecular flexibility index (Phi) is 9.73. The van der Waals surface area contributed by atoms with E-state index in [9.17, 15) is 0 Å². The Morgan fingerprint density at radius 2 is 0.606 bits per heavy atom. The third kappa shape index (κ3) is 7.03. The lowest BCUT2D eigenvalue weighted by molar-refractivity contribution is 1.07. The number of nitrogens with zero attached hydrogens (tertiary/aromatic N) is 6. The predicted molar refractivity (Wildman–Crippen MR) is 269 cm³/mol. The highest BCUT2D eigenvalue weighted by atomic mass is 15.0. The van der Waals surface area contributed by atoms with Crippen molar-refractivity contribution in [2.45, 2.75) is 0 Å². The van der Waals surface area contributed by atoms with Gasteiger partial charge in [0.15, 0.2) is 17.5 Å². The lowest BCUT2D eigenvalue weighted by Crippen LogP contribution is -2.00. The van der Waals surface area contributed by atoms with Crippen LogP contribution in [-0.4, -0.2) is 29.9 Å². The van der Waals surface area contributed by atoms with Crippen LogP contribution in [-0.2, 0) is 0 Å². The third-order valence-electron chi connectivity index (χ3n) is 12.2. The highest BCUT2D eigenvalue weighted by Crippen LogP contribution is 2.47. The van der Waals surface area contributed by atoms with E-state index in [4.69, 9.17) is 19.9 Å². The van der Waals surface area contributed by atoms with Crippen LogP contribution >= 0.6 is 0 Å². The van der Waals surface area contributed by atoms with E-state index in [-0.39, 0.29) is 0 Å². The topological polar surface area (TPSA) is 77.3 Å². The van der Waals surface area contributed by atoms with Crippen LogP contribution in [0.15, 0.2) is 231 Å². The third-order valence-corrected chi connectivity index (χ3v) is 12.2. The second kappa shape index (κ2) is 16.6. The van der Waals surface area contributed by atoms with Gasteiger partial charge in [0.25, 0.3) is 0 Å². The van der Waals surface area contributed by atoms with Gasteiger partial charge in [0, 0.05) is 29.1 Å². The molecular weight excluding hydrogens is 805 g/mol. The molecule has 6 heteroatoms. The normalized spacial score (nSPS) is 11.3. The molecule has 0 spiro atoms.